The molecule has 140 valence electrons. The number of benzene rings is 1. The lowest BCUT2D eigenvalue weighted by Gasteiger charge is -2.19. The maximum absolute atomic E-state index is 12.7. The zero-order chi connectivity index (χ0) is 19.1. The van der Waals surface area contributed by atoms with Crippen LogP contribution in [0.4, 0.5) is 0 Å². The van der Waals surface area contributed by atoms with Crippen molar-refractivity contribution in [1.29, 1.82) is 0 Å². The summed E-state index contributed by atoms with van der Waals surface area (Å²) in [6.07, 6.45) is 0.593. The van der Waals surface area contributed by atoms with E-state index in [0.717, 1.165) is 21.4 Å². The van der Waals surface area contributed by atoms with Crippen LogP contribution in [0.5, 0.6) is 0 Å². The van der Waals surface area contributed by atoms with E-state index in [4.69, 9.17) is 0 Å². The number of carbonyl (C=O) groups excluding carboxylic acids is 1. The molecule has 1 saturated heterocycles. The molecule has 1 fully saturated rings. The Morgan fingerprint density at radius 1 is 1.35 bits per heavy atom. The summed E-state index contributed by atoms with van der Waals surface area (Å²) in [5.74, 6) is 0.277. The molecular weight excluding hydrogens is 418 g/mol. The van der Waals surface area contributed by atoms with Crippen molar-refractivity contribution in [2.45, 2.75) is 32.9 Å². The Balaban J connectivity index is 1.82. The molecule has 0 aliphatic carbocycles. The highest BCUT2D eigenvalue weighted by atomic mass is 79.9. The SMILES string of the molecule is Cc1nn([C@@H]2CCS(=O)(=O)C2)c(C)c1CN(C)C(=O)c1ccccc1Br. The van der Waals surface area contributed by atoms with Crippen molar-refractivity contribution < 1.29 is 13.2 Å². The first-order valence-electron chi connectivity index (χ1n) is 8.44. The number of sulfone groups is 1. The molecule has 2 heterocycles. The third-order valence-corrected chi connectivity index (χ3v) is 7.32. The van der Waals surface area contributed by atoms with Gasteiger partial charge in [0.2, 0.25) is 0 Å². The first-order chi connectivity index (χ1) is 12.2. The minimum atomic E-state index is -2.97. The summed E-state index contributed by atoms with van der Waals surface area (Å²) < 4.78 is 26.1. The van der Waals surface area contributed by atoms with Crippen molar-refractivity contribution in [1.82, 2.24) is 14.7 Å². The quantitative estimate of drug-likeness (QED) is 0.733. The lowest BCUT2D eigenvalue weighted by molar-refractivity contribution is 0.0784. The van der Waals surface area contributed by atoms with Crippen LogP contribution in [0.25, 0.3) is 0 Å². The van der Waals surface area contributed by atoms with Crippen LogP contribution >= 0.6 is 15.9 Å². The number of hydrogen-bond acceptors (Lipinski definition) is 4. The Kier molecular flexibility index (Phi) is 5.25. The molecule has 1 aromatic heterocycles. The monoisotopic (exact) mass is 439 g/mol. The van der Waals surface area contributed by atoms with E-state index in [1.807, 2.05) is 36.7 Å². The molecule has 0 N–H and O–H groups in total. The van der Waals surface area contributed by atoms with Crippen molar-refractivity contribution in [3.05, 3.63) is 51.3 Å². The van der Waals surface area contributed by atoms with Gasteiger partial charge in [-0.05, 0) is 48.3 Å². The molecule has 0 saturated carbocycles. The Morgan fingerprint density at radius 2 is 2.04 bits per heavy atom. The molecule has 1 aliphatic rings. The lowest BCUT2D eigenvalue weighted by atomic mass is 10.1. The summed E-state index contributed by atoms with van der Waals surface area (Å²) in [6, 6.07) is 7.22. The fourth-order valence-corrected chi connectivity index (χ4v) is 5.55. The highest BCUT2D eigenvalue weighted by Crippen LogP contribution is 2.27. The molecule has 1 amide bonds. The average molecular weight is 440 g/mol. The molecule has 2 aromatic rings. The van der Waals surface area contributed by atoms with Crippen LogP contribution < -0.4 is 0 Å². The van der Waals surface area contributed by atoms with Gasteiger partial charge in [0.15, 0.2) is 9.84 Å². The smallest absolute Gasteiger partial charge is 0.255 e. The van der Waals surface area contributed by atoms with Gasteiger partial charge in [-0.1, -0.05) is 12.1 Å². The van der Waals surface area contributed by atoms with Crippen LogP contribution in [-0.4, -0.2) is 47.6 Å². The molecule has 0 bridgehead atoms. The van der Waals surface area contributed by atoms with Gasteiger partial charge in [0, 0.05) is 29.3 Å². The van der Waals surface area contributed by atoms with Crippen molar-refractivity contribution in [3.63, 3.8) is 0 Å². The molecule has 1 aliphatic heterocycles. The van der Waals surface area contributed by atoms with E-state index in [1.165, 1.54) is 0 Å². The number of rotatable bonds is 4. The number of nitrogens with zero attached hydrogens (tertiary/aromatic N) is 3. The number of hydrogen-bond donors (Lipinski definition) is 0. The summed E-state index contributed by atoms with van der Waals surface area (Å²) in [5.41, 5.74) is 3.34. The van der Waals surface area contributed by atoms with Gasteiger partial charge in [-0.15, -0.1) is 0 Å². The molecular formula is C18H22BrN3O3S. The Morgan fingerprint density at radius 3 is 2.65 bits per heavy atom. The lowest BCUT2D eigenvalue weighted by Crippen LogP contribution is -2.27. The van der Waals surface area contributed by atoms with Gasteiger partial charge in [-0.25, -0.2) is 8.42 Å². The molecule has 0 spiro atoms. The largest absolute Gasteiger partial charge is 0.337 e. The first kappa shape index (κ1) is 19.1. The highest BCUT2D eigenvalue weighted by Gasteiger charge is 2.31. The highest BCUT2D eigenvalue weighted by molar-refractivity contribution is 9.10. The minimum Gasteiger partial charge on any atom is -0.337 e. The Labute approximate surface area is 162 Å². The summed E-state index contributed by atoms with van der Waals surface area (Å²) in [6.45, 7) is 4.27. The van der Waals surface area contributed by atoms with Gasteiger partial charge >= 0.3 is 0 Å². The van der Waals surface area contributed by atoms with Gasteiger partial charge in [-0.3, -0.25) is 9.48 Å². The topological polar surface area (TPSA) is 72.3 Å². The molecule has 0 unspecified atom stereocenters. The van der Waals surface area contributed by atoms with E-state index in [9.17, 15) is 13.2 Å². The normalized spacial score (nSPS) is 18.8. The van der Waals surface area contributed by atoms with Crippen LogP contribution in [0, 0.1) is 13.8 Å². The zero-order valence-corrected chi connectivity index (χ0v) is 17.5. The summed E-state index contributed by atoms with van der Waals surface area (Å²) in [5, 5.41) is 4.57. The van der Waals surface area contributed by atoms with Crippen LogP contribution in [0.1, 0.15) is 39.8 Å². The Bertz CT molecular complexity index is 953. The van der Waals surface area contributed by atoms with Gasteiger partial charge < -0.3 is 4.90 Å². The van der Waals surface area contributed by atoms with Crippen molar-refractivity contribution >= 4 is 31.7 Å². The van der Waals surface area contributed by atoms with E-state index in [2.05, 4.69) is 21.0 Å². The van der Waals surface area contributed by atoms with Crippen molar-refractivity contribution in [2.75, 3.05) is 18.6 Å². The second-order valence-corrected chi connectivity index (χ2v) is 9.87. The summed E-state index contributed by atoms with van der Waals surface area (Å²) in [4.78, 5) is 14.4. The second kappa shape index (κ2) is 7.15. The predicted molar refractivity (Wildman–Crippen MR) is 104 cm³/mol. The predicted octanol–water partition coefficient (Wildman–Crippen LogP) is 2.89. The van der Waals surface area contributed by atoms with Crippen LogP contribution in [0.15, 0.2) is 28.7 Å². The molecule has 6 nitrogen and oxygen atoms in total. The van der Waals surface area contributed by atoms with E-state index < -0.39 is 9.84 Å². The minimum absolute atomic E-state index is 0.0764. The number of halogens is 1. The van der Waals surface area contributed by atoms with Crippen LogP contribution in [-0.2, 0) is 16.4 Å². The van der Waals surface area contributed by atoms with Gasteiger partial charge in [0.1, 0.15) is 0 Å². The molecule has 8 heteroatoms. The fraction of sp³-hybridized carbons (Fsp3) is 0.444. The van der Waals surface area contributed by atoms with Crippen molar-refractivity contribution in [2.24, 2.45) is 0 Å². The van der Waals surface area contributed by atoms with Crippen LogP contribution in [0.2, 0.25) is 0 Å². The van der Waals surface area contributed by atoms with Crippen LogP contribution in [0.3, 0.4) is 0 Å². The molecule has 0 radical (unpaired) electrons. The zero-order valence-electron chi connectivity index (χ0n) is 15.1. The van der Waals surface area contributed by atoms with Gasteiger partial charge in [0.25, 0.3) is 5.91 Å². The number of amides is 1. The number of carbonyl (C=O) groups is 1. The standard InChI is InChI=1S/C18H22BrN3O3S/c1-12-16(10-21(3)18(23)15-6-4-5-7-17(15)19)13(2)22(20-12)14-8-9-26(24,25)11-14/h4-7,14H,8-11H2,1-3H3/t14-/m1/s1. The van der Waals surface area contributed by atoms with E-state index in [1.54, 1.807) is 18.0 Å². The molecule has 3 rings (SSSR count). The second-order valence-electron chi connectivity index (χ2n) is 6.79. The third-order valence-electron chi connectivity index (χ3n) is 4.88. The van der Waals surface area contributed by atoms with Crippen molar-refractivity contribution in [3.8, 4) is 0 Å². The van der Waals surface area contributed by atoms with Gasteiger partial charge in [-0.2, -0.15) is 5.10 Å². The average Bonchev–Trinajstić information content (AvgIpc) is 3.08. The summed E-state index contributed by atoms with van der Waals surface area (Å²) >= 11 is 3.42. The third kappa shape index (κ3) is 3.71. The molecule has 26 heavy (non-hydrogen) atoms. The molecule has 1 aromatic carbocycles. The first-order valence-corrected chi connectivity index (χ1v) is 11.1. The summed E-state index contributed by atoms with van der Waals surface area (Å²) in [7, 11) is -1.21. The van der Waals surface area contributed by atoms with E-state index in [0.29, 0.717) is 18.5 Å². The van der Waals surface area contributed by atoms with E-state index in [-0.39, 0.29) is 23.5 Å². The maximum Gasteiger partial charge on any atom is 0.255 e. The Hall–Kier alpha value is -1.67. The number of aromatic nitrogens is 2. The maximum atomic E-state index is 12.7. The number of aryl methyl sites for hydroxylation is 1. The van der Waals surface area contributed by atoms with Gasteiger partial charge in [0.05, 0.1) is 28.8 Å². The molecule has 1 atom stereocenters. The van der Waals surface area contributed by atoms with E-state index >= 15 is 0 Å². The fourth-order valence-electron chi connectivity index (χ4n) is 3.40.